The van der Waals surface area contributed by atoms with Crippen molar-refractivity contribution in [3.63, 3.8) is 0 Å². The number of isocyanates is 2. The Morgan fingerprint density at radius 3 is 2.43 bits per heavy atom. The second-order valence-corrected chi connectivity index (χ2v) is 6.05. The Morgan fingerprint density at radius 1 is 1.26 bits per heavy atom. The predicted octanol–water partition coefficient (Wildman–Crippen LogP) is -0.430. The quantitative estimate of drug-likeness (QED) is 0.367. The van der Waals surface area contributed by atoms with Crippen LogP contribution in [0.25, 0.3) is 0 Å². The number of methoxy groups -OCH3 is 2. The Hall–Kier alpha value is -2.71. The number of nitrogens with two attached hydrogens (primary N) is 1. The summed E-state index contributed by atoms with van der Waals surface area (Å²) in [5.41, 5.74) is 7.34. The van der Waals surface area contributed by atoms with Crippen LogP contribution in [0.15, 0.2) is 27.1 Å². The molecule has 0 aromatic heterocycles. The average Bonchev–Trinajstić information content (AvgIpc) is 2.55. The van der Waals surface area contributed by atoms with E-state index in [1.807, 2.05) is 0 Å². The number of sulfone groups is 1. The van der Waals surface area contributed by atoms with Gasteiger partial charge in [0.15, 0.2) is 16.8 Å². The zero-order valence-electron chi connectivity index (χ0n) is 12.3. The van der Waals surface area contributed by atoms with E-state index >= 15 is 0 Å². The number of ether oxygens (including phenoxy) is 2. The van der Waals surface area contributed by atoms with Gasteiger partial charge >= 0.3 is 0 Å². The van der Waals surface area contributed by atoms with Crippen LogP contribution < -0.4 is 20.6 Å². The number of carbonyl (C=O) groups excluding carboxylic acids is 2. The molecule has 0 saturated heterocycles. The van der Waals surface area contributed by atoms with Crippen molar-refractivity contribution in [1.29, 1.82) is 0 Å². The first-order valence-electron chi connectivity index (χ1n) is 6.07. The van der Waals surface area contributed by atoms with Gasteiger partial charge in [0.25, 0.3) is 6.08 Å². The highest BCUT2D eigenvalue weighted by Gasteiger charge is 2.31. The van der Waals surface area contributed by atoms with Gasteiger partial charge in [-0.1, -0.05) is 5.10 Å². The maximum Gasteiger partial charge on any atom is 0.258 e. The van der Waals surface area contributed by atoms with Crippen molar-refractivity contribution in [1.82, 2.24) is 5.43 Å². The molecule has 0 aliphatic carbocycles. The molecule has 23 heavy (non-hydrogen) atoms. The summed E-state index contributed by atoms with van der Waals surface area (Å²) in [5.74, 6) is -0.102. The molecule has 124 valence electrons. The molecule has 10 nitrogen and oxygen atoms in total. The highest BCUT2D eigenvalue weighted by molar-refractivity contribution is 7.92. The summed E-state index contributed by atoms with van der Waals surface area (Å²) >= 11 is 0. The van der Waals surface area contributed by atoms with E-state index in [4.69, 9.17) is 15.2 Å². The summed E-state index contributed by atoms with van der Waals surface area (Å²) in [6.45, 7) is -0.380. The summed E-state index contributed by atoms with van der Waals surface area (Å²) in [4.78, 5) is 23.8. The van der Waals surface area contributed by atoms with Crippen molar-refractivity contribution in [3.8, 4) is 11.5 Å². The zero-order chi connectivity index (χ0) is 17.5. The van der Waals surface area contributed by atoms with Gasteiger partial charge in [-0.2, -0.15) is 4.99 Å². The normalized spacial score (nSPS) is 11.6. The summed E-state index contributed by atoms with van der Waals surface area (Å²) in [6.07, 6.45) is 2.46. The van der Waals surface area contributed by atoms with Crippen LogP contribution >= 0.6 is 0 Å². The second kappa shape index (κ2) is 8.06. The van der Waals surface area contributed by atoms with Crippen LogP contribution in [0, 0.1) is 0 Å². The number of nitrogens with zero attached hydrogens (tertiary/aromatic N) is 2. The van der Waals surface area contributed by atoms with Gasteiger partial charge in [-0.05, 0) is 12.1 Å². The molecule has 0 bridgehead atoms. The minimum Gasteiger partial charge on any atom is -0.494 e. The van der Waals surface area contributed by atoms with Crippen molar-refractivity contribution in [2.24, 2.45) is 15.8 Å². The van der Waals surface area contributed by atoms with Gasteiger partial charge in [0, 0.05) is 6.54 Å². The number of benzene rings is 1. The standard InChI is InChI=1S/C12H14N4O6S/c1-21-8-3-4-9(12(22-2)11(8)14-6-17)23(19,20)10(5-13)16-15-7-18/h3-4,10,16H,5,13H2,1-2H3. The molecule has 1 aromatic rings. The van der Waals surface area contributed by atoms with Gasteiger partial charge in [0.05, 0.1) is 14.2 Å². The van der Waals surface area contributed by atoms with Crippen LogP contribution in [0.2, 0.25) is 0 Å². The van der Waals surface area contributed by atoms with Gasteiger partial charge in [-0.15, -0.1) is 0 Å². The number of hydrogen-bond acceptors (Lipinski definition) is 10. The Kier molecular flexibility index (Phi) is 6.43. The van der Waals surface area contributed by atoms with E-state index in [9.17, 15) is 18.0 Å². The molecular formula is C12H14N4O6S. The number of aliphatic imine (C=N–C) groups is 1. The number of hydrogen-bond donors (Lipinski definition) is 2. The Bertz CT molecular complexity index is 766. The third-order valence-electron chi connectivity index (χ3n) is 2.79. The highest BCUT2D eigenvalue weighted by atomic mass is 32.2. The molecule has 0 heterocycles. The lowest BCUT2D eigenvalue weighted by molar-refractivity contribution is 0.388. The molecule has 3 N–H and O–H groups in total. The molecule has 1 aromatic carbocycles. The fourth-order valence-electron chi connectivity index (χ4n) is 1.77. The molecule has 11 heteroatoms. The van der Waals surface area contributed by atoms with Crippen molar-refractivity contribution >= 4 is 27.7 Å². The van der Waals surface area contributed by atoms with Crippen LogP contribution in [-0.4, -0.2) is 46.7 Å². The molecule has 0 aliphatic rings. The molecule has 0 aliphatic heterocycles. The van der Waals surface area contributed by atoms with Crippen molar-refractivity contribution in [2.45, 2.75) is 10.3 Å². The molecule has 0 saturated carbocycles. The SMILES string of the molecule is COc1ccc(S(=O)(=O)C(CN)NN=C=O)c(OC)c1N=C=O. The molecule has 0 spiro atoms. The van der Waals surface area contributed by atoms with Crippen molar-refractivity contribution in [3.05, 3.63) is 12.1 Å². The first kappa shape index (κ1) is 18.3. The zero-order valence-corrected chi connectivity index (χ0v) is 13.1. The smallest absolute Gasteiger partial charge is 0.258 e. The third kappa shape index (κ3) is 3.74. The lowest BCUT2D eigenvalue weighted by atomic mass is 10.2. The van der Waals surface area contributed by atoms with E-state index in [1.165, 1.54) is 32.4 Å². The van der Waals surface area contributed by atoms with Gasteiger partial charge in [0.2, 0.25) is 15.9 Å². The van der Waals surface area contributed by atoms with Gasteiger partial charge < -0.3 is 15.2 Å². The first-order valence-corrected chi connectivity index (χ1v) is 7.61. The second-order valence-electron chi connectivity index (χ2n) is 3.95. The summed E-state index contributed by atoms with van der Waals surface area (Å²) < 4.78 is 35.3. The summed E-state index contributed by atoms with van der Waals surface area (Å²) in [7, 11) is -1.60. The molecule has 0 radical (unpaired) electrons. The van der Waals surface area contributed by atoms with E-state index in [0.717, 1.165) is 6.08 Å². The van der Waals surface area contributed by atoms with Gasteiger partial charge in [-0.25, -0.2) is 18.0 Å². The number of hydrazone groups is 1. The Balaban J connectivity index is 3.61. The van der Waals surface area contributed by atoms with E-state index in [1.54, 1.807) is 0 Å². The average molecular weight is 342 g/mol. The lowest BCUT2D eigenvalue weighted by Crippen LogP contribution is -2.40. The lowest BCUT2D eigenvalue weighted by Gasteiger charge is -2.18. The van der Waals surface area contributed by atoms with E-state index < -0.39 is 15.2 Å². The number of nitrogens with one attached hydrogen (secondary N) is 1. The topological polar surface area (TPSA) is 150 Å². The minimum atomic E-state index is -4.11. The van der Waals surface area contributed by atoms with Crippen LogP contribution in [0.3, 0.4) is 0 Å². The Labute approximate surface area is 131 Å². The molecule has 0 amide bonds. The highest BCUT2D eigenvalue weighted by Crippen LogP contribution is 2.42. The summed E-state index contributed by atoms with van der Waals surface area (Å²) in [6, 6.07) is 2.49. The van der Waals surface area contributed by atoms with Crippen molar-refractivity contribution < 1.29 is 27.5 Å². The van der Waals surface area contributed by atoms with Crippen LogP contribution in [0.4, 0.5) is 5.69 Å². The van der Waals surface area contributed by atoms with Crippen LogP contribution in [0.1, 0.15) is 0 Å². The maximum absolute atomic E-state index is 12.6. The largest absolute Gasteiger partial charge is 0.494 e. The molecule has 1 unspecified atom stereocenters. The number of rotatable bonds is 8. The van der Waals surface area contributed by atoms with Crippen molar-refractivity contribution in [2.75, 3.05) is 20.8 Å². The van der Waals surface area contributed by atoms with Gasteiger partial charge in [0.1, 0.15) is 10.6 Å². The summed E-state index contributed by atoms with van der Waals surface area (Å²) in [5, 5.41) is 1.61. The molecule has 1 rings (SSSR count). The first-order chi connectivity index (χ1) is 11.0. The monoisotopic (exact) mass is 342 g/mol. The molecular weight excluding hydrogens is 328 g/mol. The van der Waals surface area contributed by atoms with E-state index in [0.29, 0.717) is 0 Å². The molecule has 1 atom stereocenters. The van der Waals surface area contributed by atoms with Gasteiger partial charge in [-0.3, -0.25) is 5.43 Å². The molecule has 0 fully saturated rings. The van der Waals surface area contributed by atoms with Crippen LogP contribution in [-0.2, 0) is 19.4 Å². The fourth-order valence-corrected chi connectivity index (χ4v) is 3.22. The van der Waals surface area contributed by atoms with Crippen LogP contribution in [0.5, 0.6) is 11.5 Å². The third-order valence-corrected chi connectivity index (χ3v) is 4.77. The minimum absolute atomic E-state index is 0.118. The predicted molar refractivity (Wildman–Crippen MR) is 78.6 cm³/mol. The van der Waals surface area contributed by atoms with E-state index in [2.05, 4.69) is 15.5 Å². The van der Waals surface area contributed by atoms with E-state index in [-0.39, 0.29) is 28.6 Å². The Morgan fingerprint density at radius 2 is 1.96 bits per heavy atom. The fraction of sp³-hybridized carbons (Fsp3) is 0.333. The maximum atomic E-state index is 12.6.